The average molecular weight is 535 g/mol. The van der Waals surface area contributed by atoms with Crippen molar-refractivity contribution in [1.82, 2.24) is 4.90 Å². The maximum atomic E-state index is 13.0. The van der Waals surface area contributed by atoms with Crippen LogP contribution in [0, 0.1) is 0 Å². The number of nitrogens with one attached hydrogen (secondary N) is 1. The minimum absolute atomic E-state index is 0.0766. The maximum Gasteiger partial charge on any atom is 0.416 e. The zero-order valence-electron chi connectivity index (χ0n) is 17.9. The van der Waals surface area contributed by atoms with Gasteiger partial charge in [-0.05, 0) is 60.0 Å². The summed E-state index contributed by atoms with van der Waals surface area (Å²) >= 11 is 12.1. The van der Waals surface area contributed by atoms with E-state index in [4.69, 9.17) is 23.2 Å². The number of benzene rings is 3. The summed E-state index contributed by atoms with van der Waals surface area (Å²) in [6, 6.07) is 12.5. The monoisotopic (exact) mass is 534 g/mol. The normalized spacial score (nSPS) is 11.9. The minimum Gasteiger partial charge on any atom is -0.320 e. The molecule has 0 spiro atoms. The highest BCUT2D eigenvalue weighted by molar-refractivity contribution is 6.35. The highest BCUT2D eigenvalue weighted by atomic mass is 35.5. The molecule has 3 rings (SSSR count). The van der Waals surface area contributed by atoms with E-state index in [2.05, 4.69) is 5.32 Å². The molecule has 0 aliphatic heterocycles. The quantitative estimate of drug-likeness (QED) is 0.317. The summed E-state index contributed by atoms with van der Waals surface area (Å²) in [6.07, 6.45) is -8.83. The van der Waals surface area contributed by atoms with Crippen molar-refractivity contribution in [2.24, 2.45) is 0 Å². The Kier molecular flexibility index (Phi) is 8.22. The first-order chi connectivity index (χ1) is 16.3. The molecule has 0 aliphatic rings. The van der Waals surface area contributed by atoms with E-state index < -0.39 is 29.5 Å². The topological polar surface area (TPSA) is 32.3 Å². The van der Waals surface area contributed by atoms with Gasteiger partial charge in [0.05, 0.1) is 11.1 Å². The summed E-state index contributed by atoms with van der Waals surface area (Å²) in [5, 5.41) is 3.21. The highest BCUT2D eigenvalue weighted by Gasteiger charge is 2.31. The van der Waals surface area contributed by atoms with E-state index in [1.165, 1.54) is 29.2 Å². The Hall–Kier alpha value is -2.91. The van der Waals surface area contributed by atoms with Crippen molar-refractivity contribution in [3.63, 3.8) is 0 Å². The van der Waals surface area contributed by atoms with Gasteiger partial charge >= 0.3 is 18.4 Å². The van der Waals surface area contributed by atoms with Crippen molar-refractivity contribution in [3.8, 4) is 0 Å². The first kappa shape index (κ1) is 26.7. The third-order valence-corrected chi connectivity index (χ3v) is 5.64. The molecule has 0 atom stereocenters. The van der Waals surface area contributed by atoms with E-state index in [1.54, 1.807) is 12.1 Å². The fourth-order valence-electron chi connectivity index (χ4n) is 3.23. The first-order valence-corrected chi connectivity index (χ1v) is 10.9. The summed E-state index contributed by atoms with van der Waals surface area (Å²) in [5.74, 6) is 0. The molecule has 0 heterocycles. The summed E-state index contributed by atoms with van der Waals surface area (Å²) in [4.78, 5) is 14.2. The number of nitrogens with zero attached hydrogens (tertiary/aromatic N) is 1. The van der Waals surface area contributed by atoms with Crippen LogP contribution >= 0.6 is 23.2 Å². The summed E-state index contributed by atoms with van der Waals surface area (Å²) in [7, 11) is 0. The van der Waals surface area contributed by atoms with Gasteiger partial charge in [0.25, 0.3) is 0 Å². The lowest BCUT2D eigenvalue weighted by atomic mass is 10.1. The van der Waals surface area contributed by atoms with E-state index in [9.17, 15) is 31.1 Å². The molecule has 0 aliphatic carbocycles. The van der Waals surface area contributed by atoms with Crippen LogP contribution in [0.15, 0.2) is 66.7 Å². The van der Waals surface area contributed by atoms with Crippen LogP contribution in [-0.4, -0.2) is 17.5 Å². The Morgan fingerprint density at radius 1 is 0.829 bits per heavy atom. The standard InChI is InChI=1S/C24H18Cl2F6N2O/c25-19-9-6-16(21(26)13-19)10-11-34(14-15-4-7-17(8-5-15)23(27,28)29)22(35)33-20-3-1-2-18(12-20)24(30,31)32/h1-9,12-13H,10-11,14H2,(H,33,35). The molecule has 0 unspecified atom stereocenters. The number of hydrogen-bond donors (Lipinski definition) is 1. The number of alkyl halides is 6. The van der Waals surface area contributed by atoms with E-state index in [0.717, 1.165) is 30.3 Å². The zero-order chi connectivity index (χ0) is 25.8. The van der Waals surface area contributed by atoms with Crippen LogP contribution in [0.25, 0.3) is 0 Å². The fraction of sp³-hybridized carbons (Fsp3) is 0.208. The van der Waals surface area contributed by atoms with Crippen LogP contribution in [-0.2, 0) is 25.3 Å². The molecule has 186 valence electrons. The molecule has 0 radical (unpaired) electrons. The molecule has 2 amide bonds. The molecular formula is C24H18Cl2F6N2O. The van der Waals surface area contributed by atoms with Crippen LogP contribution in [0.2, 0.25) is 10.0 Å². The lowest BCUT2D eigenvalue weighted by molar-refractivity contribution is -0.138. The second kappa shape index (κ2) is 10.8. The van der Waals surface area contributed by atoms with E-state index in [-0.39, 0.29) is 25.2 Å². The van der Waals surface area contributed by atoms with Crippen LogP contribution in [0.3, 0.4) is 0 Å². The van der Waals surface area contributed by atoms with Gasteiger partial charge in [-0.2, -0.15) is 26.3 Å². The van der Waals surface area contributed by atoms with Crippen molar-refractivity contribution in [3.05, 3.63) is 99.0 Å². The van der Waals surface area contributed by atoms with Gasteiger partial charge in [-0.3, -0.25) is 0 Å². The molecule has 0 aromatic heterocycles. The predicted molar refractivity (Wildman–Crippen MR) is 122 cm³/mol. The number of amides is 2. The highest BCUT2D eigenvalue weighted by Crippen LogP contribution is 2.31. The Morgan fingerprint density at radius 2 is 1.49 bits per heavy atom. The number of anilines is 1. The largest absolute Gasteiger partial charge is 0.416 e. The van der Waals surface area contributed by atoms with Crippen LogP contribution in [0.4, 0.5) is 36.8 Å². The van der Waals surface area contributed by atoms with Gasteiger partial charge in [-0.25, -0.2) is 4.79 Å². The number of halogens is 8. The van der Waals surface area contributed by atoms with Crippen molar-refractivity contribution < 1.29 is 31.1 Å². The molecule has 1 N–H and O–H groups in total. The van der Waals surface area contributed by atoms with Gasteiger partial charge in [-0.1, -0.05) is 47.5 Å². The van der Waals surface area contributed by atoms with E-state index >= 15 is 0 Å². The van der Waals surface area contributed by atoms with Gasteiger partial charge in [0.1, 0.15) is 0 Å². The van der Waals surface area contributed by atoms with Gasteiger partial charge in [0, 0.05) is 28.8 Å². The number of urea groups is 1. The molecule has 3 nitrogen and oxygen atoms in total. The van der Waals surface area contributed by atoms with Gasteiger partial charge < -0.3 is 10.2 Å². The third-order valence-electron chi connectivity index (χ3n) is 5.05. The number of rotatable bonds is 6. The zero-order valence-corrected chi connectivity index (χ0v) is 19.4. The van der Waals surface area contributed by atoms with E-state index in [1.807, 2.05) is 0 Å². The van der Waals surface area contributed by atoms with Gasteiger partial charge in [0.15, 0.2) is 0 Å². The van der Waals surface area contributed by atoms with Crippen LogP contribution in [0.5, 0.6) is 0 Å². The summed E-state index contributed by atoms with van der Waals surface area (Å²) in [5.41, 5.74) is -0.779. The summed E-state index contributed by atoms with van der Waals surface area (Å²) < 4.78 is 77.7. The lowest BCUT2D eigenvalue weighted by Crippen LogP contribution is -2.36. The van der Waals surface area contributed by atoms with Gasteiger partial charge in [-0.15, -0.1) is 0 Å². The number of carbonyl (C=O) groups excluding carboxylic acids is 1. The van der Waals surface area contributed by atoms with Crippen molar-refractivity contribution in [2.75, 3.05) is 11.9 Å². The average Bonchev–Trinajstić information content (AvgIpc) is 2.77. The Balaban J connectivity index is 1.81. The molecule has 3 aromatic carbocycles. The van der Waals surface area contributed by atoms with E-state index in [0.29, 0.717) is 21.2 Å². The van der Waals surface area contributed by atoms with Crippen molar-refractivity contribution in [2.45, 2.75) is 25.3 Å². The fourth-order valence-corrected chi connectivity index (χ4v) is 3.73. The molecule has 0 bridgehead atoms. The molecular weight excluding hydrogens is 517 g/mol. The molecule has 0 saturated heterocycles. The Bertz CT molecular complexity index is 1180. The van der Waals surface area contributed by atoms with Crippen molar-refractivity contribution >= 4 is 34.9 Å². The maximum absolute atomic E-state index is 13.0. The Morgan fingerprint density at radius 3 is 2.09 bits per heavy atom. The SMILES string of the molecule is O=C(Nc1cccc(C(F)(F)F)c1)N(CCc1ccc(Cl)cc1Cl)Cc1ccc(C(F)(F)F)cc1. The second-order valence-electron chi connectivity index (χ2n) is 7.61. The lowest BCUT2D eigenvalue weighted by Gasteiger charge is -2.24. The number of hydrogen-bond acceptors (Lipinski definition) is 1. The van der Waals surface area contributed by atoms with Crippen LogP contribution < -0.4 is 5.32 Å². The van der Waals surface area contributed by atoms with Gasteiger partial charge in [0.2, 0.25) is 0 Å². The molecule has 3 aromatic rings. The second-order valence-corrected chi connectivity index (χ2v) is 8.45. The molecule has 0 fully saturated rings. The van der Waals surface area contributed by atoms with Crippen molar-refractivity contribution in [1.29, 1.82) is 0 Å². The molecule has 11 heteroatoms. The Labute approximate surface area is 207 Å². The first-order valence-electron chi connectivity index (χ1n) is 10.2. The minimum atomic E-state index is -4.59. The van der Waals surface area contributed by atoms with Crippen LogP contribution in [0.1, 0.15) is 22.3 Å². The third kappa shape index (κ3) is 7.53. The molecule has 35 heavy (non-hydrogen) atoms. The number of carbonyl (C=O) groups is 1. The summed E-state index contributed by atoms with van der Waals surface area (Å²) in [6.45, 7) is -0.0126. The smallest absolute Gasteiger partial charge is 0.320 e. The predicted octanol–water partition coefficient (Wildman–Crippen LogP) is 8.31. The molecule has 0 saturated carbocycles.